The largest absolute Gasteiger partial charge is 0.504 e. The molecule has 6 heteroatoms. The predicted molar refractivity (Wildman–Crippen MR) is 119 cm³/mol. The van der Waals surface area contributed by atoms with Gasteiger partial charge in [0.05, 0.1) is 10.7 Å². The molecule has 0 bridgehead atoms. The third kappa shape index (κ3) is 4.26. The first-order valence-electron chi connectivity index (χ1n) is 8.80. The highest BCUT2D eigenvalue weighted by atomic mass is 35.5. The molecule has 0 unspecified atom stereocenters. The van der Waals surface area contributed by atoms with E-state index in [0.717, 1.165) is 16.3 Å². The van der Waals surface area contributed by atoms with Gasteiger partial charge in [-0.15, -0.1) is 0 Å². The predicted octanol–water partition coefficient (Wildman–Crippen LogP) is 5.62. The van der Waals surface area contributed by atoms with Gasteiger partial charge in [0.2, 0.25) is 0 Å². The second-order valence-corrected chi connectivity index (χ2v) is 8.35. The summed E-state index contributed by atoms with van der Waals surface area (Å²) in [4.78, 5) is 12.7. The van der Waals surface area contributed by atoms with Gasteiger partial charge in [-0.05, 0) is 52.2 Å². The van der Waals surface area contributed by atoms with E-state index >= 15 is 0 Å². The smallest absolute Gasteiger partial charge is 0.258 e. The molecule has 1 amide bonds. The summed E-state index contributed by atoms with van der Waals surface area (Å²) in [7, 11) is 0. The number of carbonyl (C=O) groups excluding carboxylic acids is 1. The third-order valence-corrected chi connectivity index (χ3v) is 4.93. The molecule has 144 valence electrons. The molecule has 3 N–H and O–H groups in total. The summed E-state index contributed by atoms with van der Waals surface area (Å²) in [5, 5.41) is 17.9. The zero-order valence-corrected chi connectivity index (χ0v) is 17.4. The first-order valence-corrected chi connectivity index (χ1v) is 9.58. The highest BCUT2D eigenvalue weighted by molar-refractivity contribution is 7.80. The van der Waals surface area contributed by atoms with E-state index in [1.54, 1.807) is 18.2 Å². The van der Waals surface area contributed by atoms with Crippen LogP contribution in [-0.4, -0.2) is 16.1 Å². The first-order chi connectivity index (χ1) is 13.2. The van der Waals surface area contributed by atoms with Crippen molar-refractivity contribution in [3.05, 3.63) is 70.7 Å². The van der Waals surface area contributed by atoms with Crippen LogP contribution in [0.5, 0.6) is 5.75 Å². The Hall–Kier alpha value is -2.63. The van der Waals surface area contributed by atoms with Gasteiger partial charge in [-0.25, -0.2) is 0 Å². The Balaban J connectivity index is 1.83. The molecule has 0 radical (unpaired) electrons. The van der Waals surface area contributed by atoms with Gasteiger partial charge in [0.1, 0.15) is 0 Å². The van der Waals surface area contributed by atoms with Crippen molar-refractivity contribution in [1.82, 2.24) is 5.32 Å². The van der Waals surface area contributed by atoms with Crippen molar-refractivity contribution in [2.24, 2.45) is 0 Å². The maximum atomic E-state index is 12.7. The number of hydrogen-bond donors (Lipinski definition) is 3. The summed E-state index contributed by atoms with van der Waals surface area (Å²) >= 11 is 11.4. The van der Waals surface area contributed by atoms with E-state index in [0.29, 0.717) is 11.3 Å². The minimum absolute atomic E-state index is 0.0790. The van der Waals surface area contributed by atoms with Crippen LogP contribution in [0.1, 0.15) is 36.7 Å². The second-order valence-electron chi connectivity index (χ2n) is 7.54. The molecule has 0 heterocycles. The number of hydrogen-bond acceptors (Lipinski definition) is 3. The lowest BCUT2D eigenvalue weighted by molar-refractivity contribution is 0.0979. The molecule has 3 aromatic rings. The number of phenols is 1. The van der Waals surface area contributed by atoms with E-state index in [2.05, 4.69) is 10.6 Å². The summed E-state index contributed by atoms with van der Waals surface area (Å²) in [6, 6.07) is 16.7. The van der Waals surface area contributed by atoms with Gasteiger partial charge < -0.3 is 10.4 Å². The van der Waals surface area contributed by atoms with Gasteiger partial charge in [-0.2, -0.15) is 0 Å². The van der Waals surface area contributed by atoms with E-state index in [9.17, 15) is 9.90 Å². The number of fused-ring (bicyclic) bond motifs is 1. The number of aromatic hydroxyl groups is 1. The zero-order chi connectivity index (χ0) is 20.5. The van der Waals surface area contributed by atoms with Crippen molar-refractivity contribution < 1.29 is 9.90 Å². The normalized spacial score (nSPS) is 11.3. The van der Waals surface area contributed by atoms with Crippen LogP contribution in [0, 0.1) is 0 Å². The Bertz CT molecular complexity index is 1070. The Kier molecular flexibility index (Phi) is 5.59. The highest BCUT2D eigenvalue weighted by Crippen LogP contribution is 2.37. The minimum Gasteiger partial charge on any atom is -0.504 e. The molecule has 3 aromatic carbocycles. The number of amides is 1. The molecule has 0 aliphatic rings. The van der Waals surface area contributed by atoms with E-state index in [1.807, 2.05) is 57.2 Å². The molecule has 0 spiro atoms. The molecular weight excluding hydrogens is 392 g/mol. The van der Waals surface area contributed by atoms with Crippen LogP contribution in [0.15, 0.2) is 54.6 Å². The molecule has 3 rings (SSSR count). The van der Waals surface area contributed by atoms with Crippen LogP contribution in [0.25, 0.3) is 10.8 Å². The first kappa shape index (κ1) is 20.1. The molecule has 4 nitrogen and oxygen atoms in total. The average molecular weight is 413 g/mol. The van der Waals surface area contributed by atoms with Crippen molar-refractivity contribution in [3.63, 3.8) is 0 Å². The summed E-state index contributed by atoms with van der Waals surface area (Å²) in [5.41, 5.74) is 1.64. The van der Waals surface area contributed by atoms with Crippen LogP contribution >= 0.6 is 23.8 Å². The Labute approximate surface area is 174 Å². The number of rotatable bonds is 2. The molecule has 28 heavy (non-hydrogen) atoms. The fraction of sp³-hybridized carbons (Fsp3) is 0.182. The number of anilines is 1. The molecule has 0 saturated heterocycles. The van der Waals surface area contributed by atoms with Crippen molar-refractivity contribution in [2.45, 2.75) is 26.2 Å². The lowest BCUT2D eigenvalue weighted by atomic mass is 9.87. The lowest BCUT2D eigenvalue weighted by Crippen LogP contribution is -2.34. The number of phenolic OH excluding ortho intramolecular Hbond substituents is 1. The maximum Gasteiger partial charge on any atom is 0.258 e. The molecule has 0 aliphatic carbocycles. The molecule has 0 aliphatic heterocycles. The van der Waals surface area contributed by atoms with E-state index < -0.39 is 0 Å². The lowest BCUT2D eigenvalue weighted by Gasteiger charge is -2.21. The highest BCUT2D eigenvalue weighted by Gasteiger charge is 2.19. The summed E-state index contributed by atoms with van der Waals surface area (Å²) in [6.07, 6.45) is 0. The van der Waals surface area contributed by atoms with E-state index in [-0.39, 0.29) is 27.2 Å². The monoisotopic (exact) mass is 412 g/mol. The van der Waals surface area contributed by atoms with Crippen LogP contribution < -0.4 is 10.6 Å². The van der Waals surface area contributed by atoms with Crippen molar-refractivity contribution in [1.29, 1.82) is 0 Å². The van der Waals surface area contributed by atoms with Crippen LogP contribution in [0.4, 0.5) is 5.69 Å². The van der Waals surface area contributed by atoms with E-state index in [4.69, 9.17) is 23.8 Å². The third-order valence-electron chi connectivity index (χ3n) is 4.44. The molecule has 0 saturated carbocycles. The minimum atomic E-state index is -0.327. The molecule has 0 atom stereocenters. The second kappa shape index (κ2) is 7.78. The van der Waals surface area contributed by atoms with Crippen molar-refractivity contribution in [2.75, 3.05) is 5.32 Å². The summed E-state index contributed by atoms with van der Waals surface area (Å²) < 4.78 is 0. The number of thiocarbonyl (C=S) groups is 1. The SMILES string of the molecule is CC(C)(C)c1cc(Cl)c(O)c(NC(=S)NC(=O)c2cccc3ccccc23)c1. The summed E-state index contributed by atoms with van der Waals surface area (Å²) in [6.45, 7) is 6.13. The number of halogens is 1. The van der Waals surface area contributed by atoms with Crippen molar-refractivity contribution in [3.8, 4) is 5.75 Å². The fourth-order valence-electron chi connectivity index (χ4n) is 2.87. The average Bonchev–Trinajstić information content (AvgIpc) is 2.63. The number of nitrogens with one attached hydrogen (secondary N) is 2. The van der Waals surface area contributed by atoms with Gasteiger partial charge in [0.15, 0.2) is 10.9 Å². The summed E-state index contributed by atoms with van der Waals surface area (Å²) in [5.74, 6) is -0.441. The van der Waals surface area contributed by atoms with Crippen LogP contribution in [0.3, 0.4) is 0 Å². The molecular formula is C22H21ClN2O2S. The Morgan fingerprint density at radius 2 is 1.75 bits per heavy atom. The topological polar surface area (TPSA) is 61.4 Å². The number of carbonyl (C=O) groups is 1. The maximum absolute atomic E-state index is 12.7. The Morgan fingerprint density at radius 1 is 1.07 bits per heavy atom. The number of benzene rings is 3. The quantitative estimate of drug-likeness (QED) is 0.377. The standard InChI is InChI=1S/C22H21ClN2O2S/c1-22(2,3)14-11-17(23)19(26)18(12-14)24-21(28)25-20(27)16-10-6-8-13-7-4-5-9-15(13)16/h4-12,26H,1-3H3,(H2,24,25,27,28). The fourth-order valence-corrected chi connectivity index (χ4v) is 3.30. The van der Waals surface area contributed by atoms with Crippen LogP contribution in [-0.2, 0) is 5.41 Å². The van der Waals surface area contributed by atoms with E-state index in [1.165, 1.54) is 0 Å². The van der Waals surface area contributed by atoms with Gasteiger partial charge in [-0.3, -0.25) is 10.1 Å². The molecule has 0 aromatic heterocycles. The van der Waals surface area contributed by atoms with Gasteiger partial charge >= 0.3 is 0 Å². The zero-order valence-electron chi connectivity index (χ0n) is 15.8. The van der Waals surface area contributed by atoms with Gasteiger partial charge in [0.25, 0.3) is 5.91 Å². The van der Waals surface area contributed by atoms with Crippen LogP contribution in [0.2, 0.25) is 5.02 Å². The van der Waals surface area contributed by atoms with Gasteiger partial charge in [0, 0.05) is 5.56 Å². The van der Waals surface area contributed by atoms with Gasteiger partial charge in [-0.1, -0.05) is 68.8 Å². The Morgan fingerprint density at radius 3 is 2.46 bits per heavy atom. The molecule has 0 fully saturated rings. The van der Waals surface area contributed by atoms with Crippen molar-refractivity contribution >= 4 is 51.3 Å².